The summed E-state index contributed by atoms with van der Waals surface area (Å²) < 4.78 is 5.88. The van der Waals surface area contributed by atoms with Gasteiger partial charge in [0.05, 0.1) is 5.56 Å². The van der Waals surface area contributed by atoms with Gasteiger partial charge >= 0.3 is 5.97 Å². The van der Waals surface area contributed by atoms with E-state index < -0.39 is 5.97 Å². The SMILES string of the molecule is CN1CCN(C(=O)COc2ccc(Br)c(C(=O)O)c2)CC1. The van der Waals surface area contributed by atoms with E-state index in [1.165, 1.54) is 6.07 Å². The zero-order chi connectivity index (χ0) is 15.4. The van der Waals surface area contributed by atoms with Gasteiger partial charge < -0.3 is 19.6 Å². The molecule has 21 heavy (non-hydrogen) atoms. The number of rotatable bonds is 4. The molecule has 0 unspecified atom stereocenters. The molecule has 0 bridgehead atoms. The third-order valence-electron chi connectivity index (χ3n) is 3.39. The molecule has 0 spiro atoms. The van der Waals surface area contributed by atoms with Crippen LogP contribution in [0.4, 0.5) is 0 Å². The van der Waals surface area contributed by atoms with Gasteiger partial charge in [0.2, 0.25) is 0 Å². The van der Waals surface area contributed by atoms with Crippen LogP contribution in [0, 0.1) is 0 Å². The van der Waals surface area contributed by atoms with Gasteiger partial charge in [-0.05, 0) is 41.2 Å². The summed E-state index contributed by atoms with van der Waals surface area (Å²) in [5, 5.41) is 9.03. The fourth-order valence-electron chi connectivity index (χ4n) is 2.05. The summed E-state index contributed by atoms with van der Waals surface area (Å²) in [5.41, 5.74) is 0.111. The molecule has 2 rings (SSSR count). The van der Waals surface area contributed by atoms with Crippen molar-refractivity contribution in [2.75, 3.05) is 39.8 Å². The van der Waals surface area contributed by atoms with Crippen LogP contribution in [-0.4, -0.2) is 66.6 Å². The lowest BCUT2D eigenvalue weighted by Gasteiger charge is -2.32. The Labute approximate surface area is 131 Å². The number of aromatic carboxylic acids is 1. The average molecular weight is 357 g/mol. The number of piperazine rings is 1. The van der Waals surface area contributed by atoms with E-state index >= 15 is 0 Å². The highest BCUT2D eigenvalue weighted by atomic mass is 79.9. The third kappa shape index (κ3) is 4.18. The first kappa shape index (κ1) is 15.8. The van der Waals surface area contributed by atoms with Gasteiger partial charge in [-0.1, -0.05) is 0 Å². The van der Waals surface area contributed by atoms with Crippen LogP contribution >= 0.6 is 15.9 Å². The van der Waals surface area contributed by atoms with E-state index in [-0.39, 0.29) is 18.1 Å². The van der Waals surface area contributed by atoms with Gasteiger partial charge in [-0.3, -0.25) is 4.79 Å². The Morgan fingerprint density at radius 3 is 2.57 bits per heavy atom. The minimum Gasteiger partial charge on any atom is -0.484 e. The Balaban J connectivity index is 1.92. The number of carboxylic acid groups (broad SMARTS) is 1. The van der Waals surface area contributed by atoms with Crippen LogP contribution in [0.2, 0.25) is 0 Å². The van der Waals surface area contributed by atoms with Gasteiger partial charge in [-0.25, -0.2) is 4.79 Å². The highest BCUT2D eigenvalue weighted by Crippen LogP contribution is 2.22. The molecule has 1 saturated heterocycles. The van der Waals surface area contributed by atoms with Crippen LogP contribution in [0.1, 0.15) is 10.4 Å². The fourth-order valence-corrected chi connectivity index (χ4v) is 2.47. The van der Waals surface area contributed by atoms with Crippen molar-refractivity contribution in [1.82, 2.24) is 9.80 Å². The van der Waals surface area contributed by atoms with Crippen molar-refractivity contribution in [2.45, 2.75) is 0 Å². The molecule has 114 valence electrons. The number of carbonyl (C=O) groups excluding carboxylic acids is 1. The summed E-state index contributed by atoms with van der Waals surface area (Å²) in [5.74, 6) is -0.751. The predicted molar refractivity (Wildman–Crippen MR) is 80.7 cm³/mol. The summed E-state index contributed by atoms with van der Waals surface area (Å²) in [4.78, 5) is 27.0. The summed E-state index contributed by atoms with van der Waals surface area (Å²) in [7, 11) is 2.02. The monoisotopic (exact) mass is 356 g/mol. The Hall–Kier alpha value is -1.60. The molecular formula is C14H17BrN2O4. The van der Waals surface area contributed by atoms with Crippen LogP contribution in [0.15, 0.2) is 22.7 Å². The second kappa shape index (κ2) is 6.91. The largest absolute Gasteiger partial charge is 0.484 e. The molecule has 1 N–H and O–H groups in total. The van der Waals surface area contributed by atoms with E-state index in [0.29, 0.717) is 23.3 Å². The highest BCUT2D eigenvalue weighted by Gasteiger charge is 2.19. The highest BCUT2D eigenvalue weighted by molar-refractivity contribution is 9.10. The lowest BCUT2D eigenvalue weighted by Crippen LogP contribution is -2.48. The molecular weight excluding hydrogens is 340 g/mol. The minimum absolute atomic E-state index is 0.0790. The molecule has 0 atom stereocenters. The lowest BCUT2D eigenvalue weighted by molar-refractivity contribution is -0.134. The molecule has 0 aliphatic carbocycles. The van der Waals surface area contributed by atoms with Crippen LogP contribution < -0.4 is 4.74 Å². The van der Waals surface area contributed by atoms with Crippen LogP contribution in [0.3, 0.4) is 0 Å². The van der Waals surface area contributed by atoms with Crippen molar-refractivity contribution in [3.63, 3.8) is 0 Å². The Kier molecular flexibility index (Phi) is 5.19. The number of likely N-dealkylation sites (N-methyl/N-ethyl adjacent to an activating group) is 1. The molecule has 0 aromatic heterocycles. The number of benzene rings is 1. The number of halogens is 1. The number of carbonyl (C=O) groups is 2. The lowest BCUT2D eigenvalue weighted by atomic mass is 10.2. The van der Waals surface area contributed by atoms with Crippen molar-refractivity contribution in [3.05, 3.63) is 28.2 Å². The smallest absolute Gasteiger partial charge is 0.336 e. The second-order valence-corrected chi connectivity index (χ2v) is 5.77. The van der Waals surface area contributed by atoms with E-state index in [1.807, 2.05) is 7.05 Å². The van der Waals surface area contributed by atoms with E-state index in [2.05, 4.69) is 20.8 Å². The van der Waals surface area contributed by atoms with Gasteiger partial charge in [0.1, 0.15) is 5.75 Å². The van der Waals surface area contributed by atoms with Gasteiger partial charge in [-0.2, -0.15) is 0 Å². The second-order valence-electron chi connectivity index (χ2n) is 4.92. The first-order valence-corrected chi connectivity index (χ1v) is 7.38. The first-order valence-electron chi connectivity index (χ1n) is 6.59. The van der Waals surface area contributed by atoms with Crippen molar-refractivity contribution in [2.24, 2.45) is 0 Å². The molecule has 1 amide bonds. The summed E-state index contributed by atoms with van der Waals surface area (Å²) in [6.07, 6.45) is 0. The van der Waals surface area contributed by atoms with Gasteiger partial charge in [0.15, 0.2) is 6.61 Å². The quantitative estimate of drug-likeness (QED) is 0.880. The maximum Gasteiger partial charge on any atom is 0.336 e. The normalized spacial score (nSPS) is 15.8. The molecule has 1 heterocycles. The Morgan fingerprint density at radius 1 is 1.29 bits per heavy atom. The number of carboxylic acids is 1. The summed E-state index contributed by atoms with van der Waals surface area (Å²) in [6, 6.07) is 4.64. The average Bonchev–Trinajstić information content (AvgIpc) is 2.46. The zero-order valence-electron chi connectivity index (χ0n) is 11.7. The van der Waals surface area contributed by atoms with E-state index in [4.69, 9.17) is 9.84 Å². The van der Waals surface area contributed by atoms with Crippen molar-refractivity contribution in [1.29, 1.82) is 0 Å². The standard InChI is InChI=1S/C14H17BrN2O4/c1-16-4-6-17(7-5-16)13(18)9-21-10-2-3-12(15)11(8-10)14(19)20/h2-3,8H,4-7,9H2,1H3,(H,19,20). The van der Waals surface area contributed by atoms with Crippen molar-refractivity contribution < 1.29 is 19.4 Å². The maximum atomic E-state index is 12.0. The first-order chi connectivity index (χ1) is 9.97. The molecule has 0 saturated carbocycles. The fraction of sp³-hybridized carbons (Fsp3) is 0.429. The van der Waals surface area contributed by atoms with E-state index in [9.17, 15) is 9.59 Å². The number of hydrogen-bond acceptors (Lipinski definition) is 4. The zero-order valence-corrected chi connectivity index (χ0v) is 13.3. The van der Waals surface area contributed by atoms with Gasteiger partial charge in [-0.15, -0.1) is 0 Å². The summed E-state index contributed by atoms with van der Waals surface area (Å²) in [6.45, 7) is 3.02. The number of ether oxygens (including phenoxy) is 1. The molecule has 6 nitrogen and oxygen atoms in total. The van der Waals surface area contributed by atoms with Crippen LogP contribution in [-0.2, 0) is 4.79 Å². The number of amides is 1. The number of hydrogen-bond donors (Lipinski definition) is 1. The van der Waals surface area contributed by atoms with Crippen molar-refractivity contribution >= 4 is 27.8 Å². The Bertz CT molecular complexity index is 542. The van der Waals surface area contributed by atoms with Gasteiger partial charge in [0, 0.05) is 30.7 Å². The Morgan fingerprint density at radius 2 is 1.95 bits per heavy atom. The van der Waals surface area contributed by atoms with Gasteiger partial charge in [0.25, 0.3) is 5.91 Å². The minimum atomic E-state index is -1.04. The maximum absolute atomic E-state index is 12.0. The molecule has 1 aliphatic heterocycles. The van der Waals surface area contributed by atoms with E-state index in [1.54, 1.807) is 17.0 Å². The third-order valence-corrected chi connectivity index (χ3v) is 4.08. The van der Waals surface area contributed by atoms with Crippen molar-refractivity contribution in [3.8, 4) is 5.75 Å². The molecule has 1 aliphatic rings. The topological polar surface area (TPSA) is 70.1 Å². The predicted octanol–water partition coefficient (Wildman–Crippen LogP) is 1.30. The van der Waals surface area contributed by atoms with Crippen LogP contribution in [0.5, 0.6) is 5.75 Å². The molecule has 1 aromatic carbocycles. The summed E-state index contributed by atoms with van der Waals surface area (Å²) >= 11 is 3.16. The molecule has 7 heteroatoms. The molecule has 1 aromatic rings. The molecule has 0 radical (unpaired) electrons. The molecule has 1 fully saturated rings. The van der Waals surface area contributed by atoms with Crippen LogP contribution in [0.25, 0.3) is 0 Å². The van der Waals surface area contributed by atoms with E-state index in [0.717, 1.165) is 13.1 Å². The number of nitrogens with zero attached hydrogens (tertiary/aromatic N) is 2.